The molecule has 0 aliphatic heterocycles. The van der Waals surface area contributed by atoms with Crippen LogP contribution < -0.4 is 5.32 Å². The van der Waals surface area contributed by atoms with Crippen LogP contribution in [0.5, 0.6) is 0 Å². The van der Waals surface area contributed by atoms with Gasteiger partial charge in [0.05, 0.1) is 11.1 Å². The summed E-state index contributed by atoms with van der Waals surface area (Å²) in [5, 5.41) is 3.12. The number of hydrogen-bond donors (Lipinski definition) is 1. The van der Waals surface area contributed by atoms with Crippen LogP contribution in [-0.4, -0.2) is 41.3 Å². The van der Waals surface area contributed by atoms with Crippen LogP contribution in [0, 0.1) is 5.41 Å². The highest BCUT2D eigenvalue weighted by Crippen LogP contribution is 2.28. The van der Waals surface area contributed by atoms with Crippen molar-refractivity contribution in [2.75, 3.05) is 13.8 Å². The first-order valence-corrected chi connectivity index (χ1v) is 7.68. The predicted octanol–water partition coefficient (Wildman–Crippen LogP) is 3.41. The van der Waals surface area contributed by atoms with Gasteiger partial charge in [-0.15, -0.1) is 0 Å². The van der Waals surface area contributed by atoms with Gasteiger partial charge in [-0.3, -0.25) is 9.69 Å². The zero-order chi connectivity index (χ0) is 17.3. The van der Waals surface area contributed by atoms with E-state index in [1.54, 1.807) is 0 Å². The normalized spacial score (nSPS) is 14.5. The first kappa shape index (κ1) is 20.4. The van der Waals surface area contributed by atoms with Crippen molar-refractivity contribution < 1.29 is 9.53 Å². The van der Waals surface area contributed by atoms with Crippen LogP contribution in [-0.2, 0) is 9.53 Å². The predicted molar refractivity (Wildman–Crippen MR) is 89.2 cm³/mol. The highest BCUT2D eigenvalue weighted by molar-refractivity contribution is 5.82. The van der Waals surface area contributed by atoms with Gasteiger partial charge in [-0.05, 0) is 55.5 Å². The minimum absolute atomic E-state index is 0.0355. The summed E-state index contributed by atoms with van der Waals surface area (Å²) in [4.78, 5) is 14.4. The van der Waals surface area contributed by atoms with Gasteiger partial charge < -0.3 is 10.1 Å². The summed E-state index contributed by atoms with van der Waals surface area (Å²) in [7, 11) is 2.04. The van der Waals surface area contributed by atoms with E-state index in [9.17, 15) is 4.79 Å². The molecule has 0 heterocycles. The molecule has 0 aromatic heterocycles. The van der Waals surface area contributed by atoms with Gasteiger partial charge in [-0.1, -0.05) is 20.8 Å². The molecule has 0 rings (SSSR count). The monoisotopic (exact) mass is 300 g/mol. The molecule has 1 N–H and O–H groups in total. The lowest BCUT2D eigenvalue weighted by Crippen LogP contribution is -2.61. The van der Waals surface area contributed by atoms with Gasteiger partial charge in [0.1, 0.15) is 6.73 Å². The summed E-state index contributed by atoms with van der Waals surface area (Å²) >= 11 is 0. The second-order valence-electron chi connectivity index (χ2n) is 8.98. The summed E-state index contributed by atoms with van der Waals surface area (Å²) in [6.45, 7) is 20.8. The number of carbonyl (C=O) groups excluding carboxylic acids is 1. The van der Waals surface area contributed by atoms with E-state index in [0.717, 1.165) is 0 Å². The molecule has 21 heavy (non-hydrogen) atoms. The fraction of sp³-hybridized carbons (Fsp3) is 0.941. The number of carbonyl (C=O) groups is 1. The van der Waals surface area contributed by atoms with Crippen molar-refractivity contribution >= 4 is 5.91 Å². The van der Waals surface area contributed by atoms with Crippen molar-refractivity contribution in [2.24, 2.45) is 5.41 Å². The third-order valence-electron chi connectivity index (χ3n) is 4.38. The van der Waals surface area contributed by atoms with Crippen LogP contribution in [0.15, 0.2) is 0 Å². The molecule has 0 unspecified atom stereocenters. The fourth-order valence-corrected chi connectivity index (χ4v) is 1.25. The van der Waals surface area contributed by atoms with Gasteiger partial charge in [0.25, 0.3) is 0 Å². The molecule has 0 saturated heterocycles. The molecular weight excluding hydrogens is 264 g/mol. The van der Waals surface area contributed by atoms with E-state index in [-0.39, 0.29) is 11.4 Å². The van der Waals surface area contributed by atoms with Crippen molar-refractivity contribution in [3.63, 3.8) is 0 Å². The Labute approximate surface area is 131 Å². The topological polar surface area (TPSA) is 41.6 Å². The summed E-state index contributed by atoms with van der Waals surface area (Å²) in [5.41, 5.74) is -1.30. The molecule has 4 nitrogen and oxygen atoms in total. The minimum Gasteiger partial charge on any atom is -0.358 e. The Morgan fingerprint density at radius 3 is 1.71 bits per heavy atom. The van der Waals surface area contributed by atoms with E-state index in [2.05, 4.69) is 31.0 Å². The van der Waals surface area contributed by atoms with E-state index in [4.69, 9.17) is 4.74 Å². The maximum absolute atomic E-state index is 12.2. The maximum Gasteiger partial charge on any atom is 0.225 e. The minimum atomic E-state index is -0.479. The summed E-state index contributed by atoms with van der Waals surface area (Å²) in [5.74, 6) is 0.0355. The van der Waals surface area contributed by atoms with Gasteiger partial charge in [0.15, 0.2) is 0 Å². The molecule has 0 aromatic rings. The van der Waals surface area contributed by atoms with E-state index in [1.807, 2.05) is 55.5 Å². The van der Waals surface area contributed by atoms with Crippen molar-refractivity contribution in [1.29, 1.82) is 0 Å². The van der Waals surface area contributed by atoms with Crippen LogP contribution in [0.1, 0.15) is 69.2 Å². The molecule has 0 atom stereocenters. The zero-order valence-electron chi connectivity index (χ0n) is 16.0. The smallest absolute Gasteiger partial charge is 0.225 e. The third-order valence-corrected chi connectivity index (χ3v) is 4.38. The highest BCUT2D eigenvalue weighted by Gasteiger charge is 2.41. The Morgan fingerprint density at radius 2 is 1.38 bits per heavy atom. The lowest BCUT2D eigenvalue weighted by Gasteiger charge is -2.45. The van der Waals surface area contributed by atoms with Crippen LogP contribution >= 0.6 is 0 Å². The van der Waals surface area contributed by atoms with Crippen molar-refractivity contribution in [3.8, 4) is 0 Å². The second kappa shape index (κ2) is 6.25. The van der Waals surface area contributed by atoms with Crippen LogP contribution in [0.3, 0.4) is 0 Å². The Kier molecular flexibility index (Phi) is 6.07. The quantitative estimate of drug-likeness (QED) is 0.791. The fourth-order valence-electron chi connectivity index (χ4n) is 1.25. The molecule has 0 saturated carbocycles. The summed E-state index contributed by atoms with van der Waals surface area (Å²) < 4.78 is 6.11. The van der Waals surface area contributed by atoms with Gasteiger partial charge in [0.2, 0.25) is 5.91 Å². The molecule has 0 aliphatic carbocycles. The lowest BCUT2D eigenvalue weighted by molar-refractivity contribution is -0.145. The number of rotatable bonds is 5. The molecule has 126 valence electrons. The number of amides is 1. The Hall–Kier alpha value is -0.610. The zero-order valence-corrected chi connectivity index (χ0v) is 16.0. The largest absolute Gasteiger partial charge is 0.358 e. The van der Waals surface area contributed by atoms with Gasteiger partial charge in [-0.2, -0.15) is 0 Å². The van der Waals surface area contributed by atoms with Crippen LogP contribution in [0.4, 0.5) is 0 Å². The third kappa shape index (κ3) is 5.95. The molecule has 0 spiro atoms. The maximum atomic E-state index is 12.2. The first-order valence-electron chi connectivity index (χ1n) is 7.68. The standard InChI is InChI=1S/C17H36N2O2/c1-14(2,3)13(20)18-16(7,8)17(9,10)21-12-19(11)15(4,5)6/h12H2,1-11H3,(H,18,20). The van der Waals surface area contributed by atoms with Crippen molar-refractivity contribution in [2.45, 2.75) is 85.9 Å². The molecular formula is C17H36N2O2. The second-order valence-corrected chi connectivity index (χ2v) is 8.98. The Bertz CT molecular complexity index is 360. The number of nitrogens with zero attached hydrogens (tertiary/aromatic N) is 1. The van der Waals surface area contributed by atoms with E-state index >= 15 is 0 Å². The number of nitrogens with one attached hydrogen (secondary N) is 1. The number of ether oxygens (including phenoxy) is 1. The molecule has 1 amide bonds. The van der Waals surface area contributed by atoms with Crippen LogP contribution in [0.2, 0.25) is 0 Å². The average Bonchev–Trinajstić information content (AvgIpc) is 2.22. The molecule has 0 aliphatic rings. The Morgan fingerprint density at radius 1 is 0.952 bits per heavy atom. The van der Waals surface area contributed by atoms with Gasteiger partial charge in [0, 0.05) is 11.0 Å². The molecule has 0 fully saturated rings. The van der Waals surface area contributed by atoms with Crippen LogP contribution in [0.25, 0.3) is 0 Å². The SMILES string of the molecule is CN(COC(C)(C)C(C)(C)NC(=O)C(C)(C)C)C(C)(C)C. The molecule has 4 heteroatoms. The molecule has 0 radical (unpaired) electrons. The van der Waals surface area contributed by atoms with Crippen molar-refractivity contribution in [1.82, 2.24) is 10.2 Å². The summed E-state index contributed by atoms with van der Waals surface area (Å²) in [6, 6.07) is 0. The van der Waals surface area contributed by atoms with Crippen molar-refractivity contribution in [3.05, 3.63) is 0 Å². The van der Waals surface area contributed by atoms with E-state index in [1.165, 1.54) is 0 Å². The lowest BCUT2D eigenvalue weighted by atomic mass is 9.83. The van der Waals surface area contributed by atoms with Gasteiger partial charge >= 0.3 is 0 Å². The number of hydrogen-bond acceptors (Lipinski definition) is 3. The van der Waals surface area contributed by atoms with E-state index in [0.29, 0.717) is 6.73 Å². The molecule has 0 bridgehead atoms. The average molecular weight is 300 g/mol. The van der Waals surface area contributed by atoms with Gasteiger partial charge in [-0.25, -0.2) is 0 Å². The van der Waals surface area contributed by atoms with E-state index < -0.39 is 16.6 Å². The first-order chi connectivity index (χ1) is 9.01. The highest BCUT2D eigenvalue weighted by atomic mass is 16.5. The Balaban J connectivity index is 4.85. The summed E-state index contributed by atoms with van der Waals surface area (Å²) in [6.07, 6.45) is 0. The molecule has 0 aromatic carbocycles.